The van der Waals surface area contributed by atoms with Crippen molar-refractivity contribution in [3.8, 4) is 11.8 Å². The van der Waals surface area contributed by atoms with Crippen LogP contribution in [0.25, 0.3) is 0 Å². The molecule has 2 fully saturated rings. The number of aryl methyl sites for hydroxylation is 1. The van der Waals surface area contributed by atoms with E-state index in [-0.39, 0.29) is 0 Å². The first kappa shape index (κ1) is 23.1. The molecule has 156 valence electrons. The zero-order chi connectivity index (χ0) is 20.7. The lowest BCUT2D eigenvalue weighted by atomic mass is 9.76. The van der Waals surface area contributed by atoms with Crippen molar-refractivity contribution in [2.45, 2.75) is 85.6 Å². The second kappa shape index (κ2) is 11.1. The third-order valence-electron chi connectivity index (χ3n) is 6.44. The number of nitrogens with zero attached hydrogens (tertiary/aromatic N) is 1. The molecule has 0 aromatic carbocycles. The topological polar surface area (TPSA) is 3.24 Å². The van der Waals surface area contributed by atoms with E-state index in [0.29, 0.717) is 12.0 Å². The van der Waals surface area contributed by atoms with Gasteiger partial charge in [-0.3, -0.25) is 0 Å². The fourth-order valence-corrected chi connectivity index (χ4v) is 5.31. The number of allylic oxidation sites excluding steroid dienone is 1. The summed E-state index contributed by atoms with van der Waals surface area (Å²) in [6, 6.07) is 3.01. The van der Waals surface area contributed by atoms with E-state index in [9.17, 15) is 0 Å². The average molecular weight is 400 g/mol. The standard InChI is InChI=1S/C19H29NS.C7H12/c1-6-16-8-10-17(11-9-16)20(5)19-13-18(21-15(19)4)12-7-14(2)3;1-3-7-4-6(2)5-7/h13-14,16-17H,6,8-11H2,1-5H3;3,6-7H,1,4-5H2,2H3. The molecule has 0 amide bonds. The summed E-state index contributed by atoms with van der Waals surface area (Å²) in [5, 5.41) is 0. The van der Waals surface area contributed by atoms with Gasteiger partial charge in [0.15, 0.2) is 0 Å². The molecular formula is C26H41NS. The van der Waals surface area contributed by atoms with E-state index in [1.807, 2.05) is 11.3 Å². The molecule has 28 heavy (non-hydrogen) atoms. The lowest BCUT2D eigenvalue weighted by Crippen LogP contribution is -2.35. The highest BCUT2D eigenvalue weighted by Crippen LogP contribution is 2.35. The maximum Gasteiger partial charge on any atom is 0.0792 e. The Hall–Kier alpha value is -1.20. The summed E-state index contributed by atoms with van der Waals surface area (Å²) in [6.45, 7) is 14.9. The maximum atomic E-state index is 3.72. The Morgan fingerprint density at radius 2 is 1.89 bits per heavy atom. The molecule has 2 heteroatoms. The molecule has 2 saturated carbocycles. The molecular weight excluding hydrogens is 358 g/mol. The summed E-state index contributed by atoms with van der Waals surface area (Å²) >= 11 is 1.84. The SMILES string of the molecule is C=CC1CC(C)C1.CCC1CCC(N(C)c2cc(C#CC(C)C)sc2C)CC1. The van der Waals surface area contributed by atoms with Crippen LogP contribution < -0.4 is 4.90 Å². The minimum Gasteiger partial charge on any atom is -0.371 e. The van der Waals surface area contributed by atoms with Crippen LogP contribution in [0, 0.1) is 42.4 Å². The van der Waals surface area contributed by atoms with Gasteiger partial charge in [0.1, 0.15) is 0 Å². The van der Waals surface area contributed by atoms with Crippen LogP contribution in [0.3, 0.4) is 0 Å². The molecule has 1 nitrogen and oxygen atoms in total. The van der Waals surface area contributed by atoms with E-state index in [0.717, 1.165) is 17.8 Å². The van der Waals surface area contributed by atoms with E-state index in [1.165, 1.54) is 60.4 Å². The van der Waals surface area contributed by atoms with Crippen LogP contribution in [-0.4, -0.2) is 13.1 Å². The fourth-order valence-electron chi connectivity index (χ4n) is 4.39. The van der Waals surface area contributed by atoms with Crippen LogP contribution in [0.15, 0.2) is 18.7 Å². The van der Waals surface area contributed by atoms with Crippen LogP contribution in [0.1, 0.15) is 82.4 Å². The predicted octanol–water partition coefficient (Wildman–Crippen LogP) is 7.69. The molecule has 2 aliphatic rings. The summed E-state index contributed by atoms with van der Waals surface area (Å²) in [4.78, 5) is 5.13. The highest BCUT2D eigenvalue weighted by atomic mass is 32.1. The van der Waals surface area contributed by atoms with Crippen LogP contribution in [0.2, 0.25) is 0 Å². The number of rotatable bonds is 4. The summed E-state index contributed by atoms with van der Waals surface area (Å²) < 4.78 is 0. The Labute approximate surface area is 178 Å². The lowest BCUT2D eigenvalue weighted by Gasteiger charge is -2.35. The summed E-state index contributed by atoms with van der Waals surface area (Å²) in [5.74, 6) is 9.83. The van der Waals surface area contributed by atoms with Crippen molar-refractivity contribution in [2.75, 3.05) is 11.9 Å². The van der Waals surface area contributed by atoms with Gasteiger partial charge in [-0.15, -0.1) is 17.9 Å². The molecule has 0 radical (unpaired) electrons. The second-order valence-electron chi connectivity index (χ2n) is 9.24. The van der Waals surface area contributed by atoms with E-state index in [1.54, 1.807) is 0 Å². The first-order valence-corrected chi connectivity index (χ1v) is 12.1. The molecule has 0 N–H and O–H groups in total. The Bertz CT molecular complexity index is 660. The zero-order valence-electron chi connectivity index (χ0n) is 19.1. The van der Waals surface area contributed by atoms with Gasteiger partial charge in [0.05, 0.1) is 10.6 Å². The molecule has 2 aliphatic carbocycles. The highest BCUT2D eigenvalue weighted by molar-refractivity contribution is 7.13. The van der Waals surface area contributed by atoms with Crippen LogP contribution in [0.4, 0.5) is 5.69 Å². The van der Waals surface area contributed by atoms with Gasteiger partial charge in [-0.2, -0.15) is 0 Å². The molecule has 0 spiro atoms. The molecule has 0 unspecified atom stereocenters. The number of thiophene rings is 1. The first-order valence-electron chi connectivity index (χ1n) is 11.3. The quantitative estimate of drug-likeness (QED) is 0.370. The Morgan fingerprint density at radius 1 is 1.25 bits per heavy atom. The molecule has 0 atom stereocenters. The van der Waals surface area contributed by atoms with E-state index >= 15 is 0 Å². The van der Waals surface area contributed by atoms with Gasteiger partial charge in [-0.1, -0.05) is 52.0 Å². The van der Waals surface area contributed by atoms with Crippen molar-refractivity contribution in [2.24, 2.45) is 23.7 Å². The van der Waals surface area contributed by atoms with Crippen molar-refractivity contribution >= 4 is 17.0 Å². The van der Waals surface area contributed by atoms with Crippen LogP contribution in [-0.2, 0) is 0 Å². The monoisotopic (exact) mass is 399 g/mol. The van der Waals surface area contributed by atoms with Crippen molar-refractivity contribution in [1.29, 1.82) is 0 Å². The van der Waals surface area contributed by atoms with Gasteiger partial charge in [0.25, 0.3) is 0 Å². The maximum absolute atomic E-state index is 3.72. The minimum absolute atomic E-state index is 0.443. The van der Waals surface area contributed by atoms with Gasteiger partial charge in [-0.25, -0.2) is 0 Å². The number of hydrogen-bond acceptors (Lipinski definition) is 2. The van der Waals surface area contributed by atoms with Gasteiger partial charge in [0, 0.05) is 23.9 Å². The van der Waals surface area contributed by atoms with Crippen LogP contribution in [0.5, 0.6) is 0 Å². The summed E-state index contributed by atoms with van der Waals surface area (Å²) in [6.07, 6.45) is 11.7. The Kier molecular flexibility index (Phi) is 9.16. The Morgan fingerprint density at radius 3 is 2.36 bits per heavy atom. The lowest BCUT2D eigenvalue weighted by molar-refractivity contribution is 0.263. The average Bonchev–Trinajstić information content (AvgIpc) is 3.04. The fraction of sp³-hybridized carbons (Fsp3) is 0.692. The largest absolute Gasteiger partial charge is 0.371 e. The minimum atomic E-state index is 0.443. The van der Waals surface area contributed by atoms with E-state index in [4.69, 9.17) is 0 Å². The van der Waals surface area contributed by atoms with Gasteiger partial charge in [0.2, 0.25) is 0 Å². The number of anilines is 1. The molecule has 0 bridgehead atoms. The first-order chi connectivity index (χ1) is 13.3. The van der Waals surface area contributed by atoms with Crippen molar-refractivity contribution in [3.05, 3.63) is 28.5 Å². The van der Waals surface area contributed by atoms with Gasteiger partial charge < -0.3 is 4.90 Å². The normalized spacial score (nSPS) is 26.4. The molecule has 1 aromatic rings. The number of hydrogen-bond donors (Lipinski definition) is 0. The zero-order valence-corrected chi connectivity index (χ0v) is 19.9. The molecule has 0 saturated heterocycles. The van der Waals surface area contributed by atoms with Crippen molar-refractivity contribution in [3.63, 3.8) is 0 Å². The van der Waals surface area contributed by atoms with Crippen LogP contribution >= 0.6 is 11.3 Å². The summed E-state index contributed by atoms with van der Waals surface area (Å²) in [5.41, 5.74) is 1.40. The Balaban J connectivity index is 0.000000336. The summed E-state index contributed by atoms with van der Waals surface area (Å²) in [7, 11) is 2.27. The van der Waals surface area contributed by atoms with E-state index < -0.39 is 0 Å². The predicted molar refractivity (Wildman–Crippen MR) is 127 cm³/mol. The highest BCUT2D eigenvalue weighted by Gasteiger charge is 2.24. The third-order valence-corrected chi connectivity index (χ3v) is 7.40. The third kappa shape index (κ3) is 6.70. The van der Waals surface area contributed by atoms with Gasteiger partial charge >= 0.3 is 0 Å². The van der Waals surface area contributed by atoms with Crippen molar-refractivity contribution in [1.82, 2.24) is 0 Å². The molecule has 1 heterocycles. The molecule has 1 aromatic heterocycles. The molecule has 0 aliphatic heterocycles. The molecule has 3 rings (SSSR count). The van der Waals surface area contributed by atoms with Crippen molar-refractivity contribution < 1.29 is 0 Å². The van der Waals surface area contributed by atoms with Gasteiger partial charge in [-0.05, 0) is 69.3 Å². The second-order valence-corrected chi connectivity index (χ2v) is 10.5. The van der Waals surface area contributed by atoms with E-state index in [2.05, 4.69) is 77.1 Å². The smallest absolute Gasteiger partial charge is 0.0792 e.